The highest BCUT2D eigenvalue weighted by molar-refractivity contribution is 7.92. The minimum Gasteiger partial charge on any atom is -0.360 e. The van der Waals surface area contributed by atoms with E-state index < -0.39 is 15.9 Å². The first kappa shape index (κ1) is 17.7. The number of aryl methyl sites for hydroxylation is 2. The Morgan fingerprint density at radius 2 is 1.73 bits per heavy atom. The van der Waals surface area contributed by atoms with E-state index in [1.165, 1.54) is 24.3 Å². The number of carbonyl (C=O) groups excluding carboxylic acids is 1. The number of anilines is 2. The standard InChI is InChI=1S/C18H17N3O4S/c1-12-5-3-4-6-16(12)21-26(23,24)15-9-7-14(8-10-15)18(22)19-17-11-13(2)25-20-17/h3-11,21H,1-2H3,(H,19,20,22). The van der Waals surface area contributed by atoms with Crippen LogP contribution in [0.25, 0.3) is 0 Å². The molecule has 0 fully saturated rings. The van der Waals surface area contributed by atoms with E-state index in [0.29, 0.717) is 22.8 Å². The van der Waals surface area contributed by atoms with Crippen molar-refractivity contribution in [2.75, 3.05) is 10.0 Å². The van der Waals surface area contributed by atoms with Gasteiger partial charge in [0, 0.05) is 11.6 Å². The largest absolute Gasteiger partial charge is 0.360 e. The lowest BCUT2D eigenvalue weighted by molar-refractivity contribution is 0.102. The van der Waals surface area contributed by atoms with E-state index in [1.807, 2.05) is 19.1 Å². The Balaban J connectivity index is 1.76. The maximum Gasteiger partial charge on any atom is 0.261 e. The van der Waals surface area contributed by atoms with Crippen molar-refractivity contribution in [1.29, 1.82) is 0 Å². The van der Waals surface area contributed by atoms with Crippen molar-refractivity contribution in [3.05, 3.63) is 71.5 Å². The van der Waals surface area contributed by atoms with E-state index in [1.54, 1.807) is 25.1 Å². The molecule has 0 saturated carbocycles. The number of sulfonamides is 1. The highest BCUT2D eigenvalue weighted by atomic mass is 32.2. The van der Waals surface area contributed by atoms with E-state index in [0.717, 1.165) is 5.56 Å². The average molecular weight is 371 g/mol. The van der Waals surface area contributed by atoms with Crippen LogP contribution in [-0.2, 0) is 10.0 Å². The van der Waals surface area contributed by atoms with Crippen molar-refractivity contribution in [1.82, 2.24) is 5.16 Å². The highest BCUT2D eigenvalue weighted by Gasteiger charge is 2.16. The zero-order valence-corrected chi connectivity index (χ0v) is 15.0. The monoisotopic (exact) mass is 371 g/mol. The SMILES string of the molecule is Cc1cc(NC(=O)c2ccc(S(=O)(=O)Nc3ccccc3C)cc2)no1. The fourth-order valence-electron chi connectivity index (χ4n) is 2.29. The van der Waals surface area contributed by atoms with Crippen LogP contribution in [0.3, 0.4) is 0 Å². The van der Waals surface area contributed by atoms with Gasteiger partial charge in [0.25, 0.3) is 15.9 Å². The smallest absolute Gasteiger partial charge is 0.261 e. The lowest BCUT2D eigenvalue weighted by Gasteiger charge is -2.10. The molecule has 1 aromatic heterocycles. The minimum absolute atomic E-state index is 0.0644. The molecule has 0 unspecified atom stereocenters. The van der Waals surface area contributed by atoms with Crippen molar-refractivity contribution in [2.24, 2.45) is 0 Å². The van der Waals surface area contributed by atoms with Crippen molar-refractivity contribution >= 4 is 27.4 Å². The predicted octanol–water partition coefficient (Wildman–Crippen LogP) is 3.34. The summed E-state index contributed by atoms with van der Waals surface area (Å²) in [5.74, 6) is 0.462. The molecule has 0 aliphatic carbocycles. The van der Waals surface area contributed by atoms with Crippen molar-refractivity contribution < 1.29 is 17.7 Å². The first-order chi connectivity index (χ1) is 12.3. The Morgan fingerprint density at radius 1 is 1.04 bits per heavy atom. The Bertz CT molecular complexity index is 1040. The molecule has 0 atom stereocenters. The number of para-hydroxylation sites is 1. The van der Waals surface area contributed by atoms with Crippen LogP contribution in [0.15, 0.2) is 64.0 Å². The van der Waals surface area contributed by atoms with Crippen molar-refractivity contribution in [3.63, 3.8) is 0 Å². The van der Waals surface area contributed by atoms with Gasteiger partial charge in [0.2, 0.25) is 0 Å². The normalized spacial score (nSPS) is 11.2. The Morgan fingerprint density at radius 3 is 2.35 bits per heavy atom. The molecule has 7 nitrogen and oxygen atoms in total. The van der Waals surface area contributed by atoms with Crippen LogP contribution in [0, 0.1) is 13.8 Å². The quantitative estimate of drug-likeness (QED) is 0.716. The molecule has 2 N–H and O–H groups in total. The molecule has 2 aromatic carbocycles. The van der Waals surface area contributed by atoms with Crippen LogP contribution < -0.4 is 10.0 Å². The summed E-state index contributed by atoms with van der Waals surface area (Å²) in [5, 5.41) is 6.26. The molecule has 1 amide bonds. The zero-order valence-electron chi connectivity index (χ0n) is 14.2. The van der Waals surface area contributed by atoms with Crippen LogP contribution >= 0.6 is 0 Å². The minimum atomic E-state index is -3.74. The lowest BCUT2D eigenvalue weighted by atomic mass is 10.2. The summed E-state index contributed by atoms with van der Waals surface area (Å²) in [6.07, 6.45) is 0. The van der Waals surface area contributed by atoms with Crippen LogP contribution in [-0.4, -0.2) is 19.5 Å². The van der Waals surface area contributed by atoms with Crippen LogP contribution in [0.4, 0.5) is 11.5 Å². The molecule has 0 radical (unpaired) electrons. The van der Waals surface area contributed by atoms with E-state index in [9.17, 15) is 13.2 Å². The molecular weight excluding hydrogens is 354 g/mol. The second kappa shape index (κ2) is 7.01. The maximum absolute atomic E-state index is 12.5. The number of carbonyl (C=O) groups is 1. The number of nitrogens with one attached hydrogen (secondary N) is 2. The van der Waals surface area contributed by atoms with Gasteiger partial charge in [-0.15, -0.1) is 0 Å². The van der Waals surface area contributed by atoms with Gasteiger partial charge in [-0.3, -0.25) is 9.52 Å². The Hall–Kier alpha value is -3.13. The molecule has 0 saturated heterocycles. The van der Waals surface area contributed by atoms with Crippen LogP contribution in [0.1, 0.15) is 21.7 Å². The van der Waals surface area contributed by atoms with Gasteiger partial charge in [0.05, 0.1) is 10.6 Å². The topological polar surface area (TPSA) is 101 Å². The molecule has 8 heteroatoms. The third kappa shape index (κ3) is 3.92. The number of benzene rings is 2. The van der Waals surface area contributed by atoms with Gasteiger partial charge in [-0.25, -0.2) is 8.42 Å². The number of rotatable bonds is 5. The van der Waals surface area contributed by atoms with Gasteiger partial charge in [-0.2, -0.15) is 0 Å². The molecule has 26 heavy (non-hydrogen) atoms. The second-order valence-corrected chi connectivity index (χ2v) is 7.40. The highest BCUT2D eigenvalue weighted by Crippen LogP contribution is 2.20. The van der Waals surface area contributed by atoms with Crippen LogP contribution in [0.5, 0.6) is 0 Å². The first-order valence-corrected chi connectivity index (χ1v) is 9.27. The molecule has 1 heterocycles. The molecule has 134 valence electrons. The summed E-state index contributed by atoms with van der Waals surface area (Å²) < 4.78 is 32.4. The summed E-state index contributed by atoms with van der Waals surface area (Å²) in [4.78, 5) is 12.2. The van der Waals surface area contributed by atoms with E-state index in [2.05, 4.69) is 15.2 Å². The van der Waals surface area contributed by atoms with Gasteiger partial charge >= 0.3 is 0 Å². The third-order valence-corrected chi connectivity index (χ3v) is 5.07. The number of aromatic nitrogens is 1. The molecule has 3 aromatic rings. The molecule has 0 spiro atoms. The lowest BCUT2D eigenvalue weighted by Crippen LogP contribution is -2.15. The van der Waals surface area contributed by atoms with Gasteiger partial charge in [-0.05, 0) is 49.7 Å². The predicted molar refractivity (Wildman–Crippen MR) is 97.6 cm³/mol. The van der Waals surface area contributed by atoms with Gasteiger partial charge < -0.3 is 9.84 Å². The van der Waals surface area contributed by atoms with Crippen LogP contribution in [0.2, 0.25) is 0 Å². The van der Waals surface area contributed by atoms with E-state index in [4.69, 9.17) is 4.52 Å². The summed E-state index contributed by atoms with van der Waals surface area (Å²) in [5.41, 5.74) is 1.63. The Labute approximate surface area is 151 Å². The summed E-state index contributed by atoms with van der Waals surface area (Å²) in [6.45, 7) is 3.53. The Kier molecular flexibility index (Phi) is 4.77. The number of amides is 1. The number of hydrogen-bond acceptors (Lipinski definition) is 5. The number of hydrogen-bond donors (Lipinski definition) is 2. The van der Waals surface area contributed by atoms with Gasteiger partial charge in [0.1, 0.15) is 5.76 Å². The van der Waals surface area contributed by atoms with Gasteiger partial charge in [0.15, 0.2) is 5.82 Å². The van der Waals surface area contributed by atoms with E-state index in [-0.39, 0.29) is 4.90 Å². The first-order valence-electron chi connectivity index (χ1n) is 7.78. The van der Waals surface area contributed by atoms with Crippen molar-refractivity contribution in [2.45, 2.75) is 18.7 Å². The van der Waals surface area contributed by atoms with E-state index >= 15 is 0 Å². The molecule has 0 aliphatic heterocycles. The molecule has 0 aliphatic rings. The number of nitrogens with zero attached hydrogens (tertiary/aromatic N) is 1. The summed E-state index contributed by atoms with van der Waals surface area (Å²) >= 11 is 0. The third-order valence-electron chi connectivity index (χ3n) is 3.69. The maximum atomic E-state index is 12.5. The van der Waals surface area contributed by atoms with Gasteiger partial charge in [-0.1, -0.05) is 23.4 Å². The zero-order chi connectivity index (χ0) is 18.7. The second-order valence-electron chi connectivity index (χ2n) is 5.72. The summed E-state index contributed by atoms with van der Waals surface area (Å²) in [7, 11) is -3.74. The molecular formula is C18H17N3O4S. The fourth-order valence-corrected chi connectivity index (χ4v) is 3.42. The average Bonchev–Trinajstić information content (AvgIpc) is 3.02. The van der Waals surface area contributed by atoms with Crippen molar-refractivity contribution in [3.8, 4) is 0 Å². The summed E-state index contributed by atoms with van der Waals surface area (Å²) in [6, 6.07) is 14.3. The molecule has 3 rings (SSSR count). The fraction of sp³-hybridized carbons (Fsp3) is 0.111. The molecule has 0 bridgehead atoms.